The topological polar surface area (TPSA) is 50.7 Å². The molecule has 0 aliphatic rings. The molecule has 0 fully saturated rings. The van der Waals surface area contributed by atoms with Crippen LogP contribution < -0.4 is 5.73 Å². The monoisotopic (exact) mass is 318 g/mol. The molecule has 0 bridgehead atoms. The van der Waals surface area contributed by atoms with Crippen LogP contribution in [0.4, 0.5) is 0 Å². The molecular weight excluding hydrogens is 309 g/mol. The van der Waals surface area contributed by atoms with Crippen LogP contribution in [-0.2, 0) is 0 Å². The zero-order valence-corrected chi connectivity index (χ0v) is 10.9. The molecule has 2 N–H and O–H groups in total. The van der Waals surface area contributed by atoms with Crippen molar-refractivity contribution in [1.29, 1.82) is 0 Å². The van der Waals surface area contributed by atoms with E-state index in [2.05, 4.69) is 42.1 Å². The number of hydrogen-bond acceptors (Lipinski definition) is 2. The predicted octanol–water partition coefficient (Wildman–Crippen LogP) is 1.66. The summed E-state index contributed by atoms with van der Waals surface area (Å²) in [5.74, 6) is 0. The van der Waals surface area contributed by atoms with Crippen LogP contribution in [0.2, 0.25) is 0 Å². The van der Waals surface area contributed by atoms with Gasteiger partial charge in [0, 0.05) is 0 Å². The summed E-state index contributed by atoms with van der Waals surface area (Å²) in [5.41, 5.74) is 7.17. The second-order valence-electron chi connectivity index (χ2n) is 2.63. The Morgan fingerprint density at radius 3 is 2.71 bits per heavy atom. The molecule has 0 saturated heterocycles. The Kier molecular flexibility index (Phi) is 4.32. The quantitative estimate of drug-likeness (QED) is 0.383. The van der Waals surface area contributed by atoms with E-state index in [9.17, 15) is 0 Å². The first-order valence-corrected chi connectivity index (χ1v) is 5.55. The Morgan fingerprint density at radius 2 is 2.14 bits per heavy atom. The molecule has 0 aliphatic heterocycles. The van der Waals surface area contributed by atoms with E-state index in [1.165, 1.54) is 0 Å². The van der Waals surface area contributed by atoms with Crippen LogP contribution in [0.5, 0.6) is 0 Å². The molecule has 0 aromatic heterocycles. The van der Waals surface area contributed by atoms with Gasteiger partial charge in [-0.15, -0.1) is 0 Å². The summed E-state index contributed by atoms with van der Waals surface area (Å²) in [7, 11) is 0. The Bertz CT molecular complexity index is 383. The minimum atomic E-state index is 0.333. The van der Waals surface area contributed by atoms with Crippen LogP contribution in [-0.4, -0.2) is 26.5 Å². The molecule has 5 heteroatoms. The minimum absolute atomic E-state index is 0.333. The van der Waals surface area contributed by atoms with Gasteiger partial charge in [-0.25, -0.2) is 0 Å². The molecule has 0 unspecified atom stereocenters. The molecule has 0 heterocycles. The van der Waals surface area contributed by atoms with E-state index in [0.717, 1.165) is 15.7 Å². The van der Waals surface area contributed by atoms with Gasteiger partial charge in [0.05, 0.1) is 0 Å². The normalized spacial score (nSPS) is 13.0. The van der Waals surface area contributed by atoms with Crippen LogP contribution >= 0.6 is 15.9 Å². The fourth-order valence-corrected chi connectivity index (χ4v) is 1.38. The van der Waals surface area contributed by atoms with Gasteiger partial charge in [0.25, 0.3) is 0 Å². The van der Waals surface area contributed by atoms with Gasteiger partial charge < -0.3 is 0 Å². The number of nitrogens with two attached hydrogens (primary N) is 1. The fourth-order valence-electron chi connectivity index (χ4n) is 0.896. The molecule has 14 heavy (non-hydrogen) atoms. The van der Waals surface area contributed by atoms with Crippen molar-refractivity contribution in [2.24, 2.45) is 15.9 Å². The summed E-state index contributed by atoms with van der Waals surface area (Å²) in [6.07, 6.45) is 0. The second kappa shape index (κ2) is 5.29. The third kappa shape index (κ3) is 3.62. The Hall–Kier alpha value is -0.641. The number of rotatable bonds is 2. The SMILES string of the molecule is C/C(=N\N=C(N)[Se])c1cccc(Br)c1. The van der Waals surface area contributed by atoms with Crippen LogP contribution in [0.3, 0.4) is 0 Å². The average Bonchev–Trinajstić information content (AvgIpc) is 2.14. The number of nitrogens with zero attached hydrogens (tertiary/aromatic N) is 2. The molecule has 1 rings (SSSR count). The summed E-state index contributed by atoms with van der Waals surface area (Å²) >= 11 is 5.96. The van der Waals surface area contributed by atoms with Gasteiger partial charge in [0.1, 0.15) is 0 Å². The first kappa shape index (κ1) is 11.4. The van der Waals surface area contributed by atoms with Gasteiger partial charge in [-0.3, -0.25) is 0 Å². The van der Waals surface area contributed by atoms with Crippen molar-refractivity contribution in [1.82, 2.24) is 0 Å². The number of halogens is 1. The molecule has 3 nitrogen and oxygen atoms in total. The fraction of sp³-hybridized carbons (Fsp3) is 0.111. The van der Waals surface area contributed by atoms with E-state index < -0.39 is 0 Å². The Labute approximate surface area is 99.4 Å². The zero-order chi connectivity index (χ0) is 10.6. The van der Waals surface area contributed by atoms with Crippen LogP contribution in [0, 0.1) is 0 Å². The molecule has 0 spiro atoms. The Balaban J connectivity index is 2.95. The predicted molar refractivity (Wildman–Crippen MR) is 63.7 cm³/mol. The van der Waals surface area contributed by atoms with E-state index in [1.807, 2.05) is 31.2 Å². The molecule has 1 aromatic rings. The maximum absolute atomic E-state index is 5.33. The van der Waals surface area contributed by atoms with Crippen LogP contribution in [0.1, 0.15) is 12.5 Å². The second-order valence-corrected chi connectivity index (χ2v) is 4.43. The molecular formula is C9H9BrN3Se. The van der Waals surface area contributed by atoms with Crippen molar-refractivity contribution >= 4 is 42.4 Å². The Morgan fingerprint density at radius 1 is 1.43 bits per heavy atom. The van der Waals surface area contributed by atoms with E-state index in [0.29, 0.717) is 4.73 Å². The molecule has 0 aliphatic carbocycles. The van der Waals surface area contributed by atoms with Crippen molar-refractivity contribution in [3.63, 3.8) is 0 Å². The number of hydrogen-bond donors (Lipinski definition) is 1. The first-order chi connectivity index (χ1) is 6.59. The summed E-state index contributed by atoms with van der Waals surface area (Å²) in [6.45, 7) is 1.88. The zero-order valence-electron chi connectivity index (χ0n) is 7.57. The number of amidine groups is 1. The summed E-state index contributed by atoms with van der Waals surface area (Å²) in [4.78, 5) is 0. The van der Waals surface area contributed by atoms with Crippen LogP contribution in [0.15, 0.2) is 38.9 Å². The van der Waals surface area contributed by atoms with E-state index in [4.69, 9.17) is 5.73 Å². The summed E-state index contributed by atoms with van der Waals surface area (Å²) < 4.78 is 1.35. The summed E-state index contributed by atoms with van der Waals surface area (Å²) in [6, 6.07) is 7.85. The molecule has 1 aromatic carbocycles. The molecule has 0 atom stereocenters. The van der Waals surface area contributed by atoms with E-state index in [1.54, 1.807) is 0 Å². The van der Waals surface area contributed by atoms with Gasteiger partial charge in [-0.1, -0.05) is 0 Å². The summed E-state index contributed by atoms with van der Waals surface area (Å²) in [5, 5.41) is 7.70. The van der Waals surface area contributed by atoms with Gasteiger partial charge in [0.2, 0.25) is 0 Å². The average molecular weight is 318 g/mol. The van der Waals surface area contributed by atoms with Crippen LogP contribution in [0.25, 0.3) is 0 Å². The first-order valence-electron chi connectivity index (χ1n) is 3.90. The van der Waals surface area contributed by atoms with Crippen molar-refractivity contribution in [3.05, 3.63) is 34.3 Å². The molecule has 1 radical (unpaired) electrons. The third-order valence-corrected chi connectivity index (χ3v) is 2.21. The van der Waals surface area contributed by atoms with Crippen molar-refractivity contribution < 1.29 is 0 Å². The standard InChI is InChI=1S/C9H9BrN3Se/c1-6(12-13-9(11)14)7-3-2-4-8(10)5-7/h2-5H,1H3,(H2,11,13)/b12-6+. The van der Waals surface area contributed by atoms with Gasteiger partial charge in [0.15, 0.2) is 0 Å². The van der Waals surface area contributed by atoms with Gasteiger partial charge >= 0.3 is 99.6 Å². The number of benzene rings is 1. The van der Waals surface area contributed by atoms with E-state index in [-0.39, 0.29) is 0 Å². The van der Waals surface area contributed by atoms with Crippen molar-refractivity contribution in [3.8, 4) is 0 Å². The molecule has 0 saturated carbocycles. The van der Waals surface area contributed by atoms with Crippen molar-refractivity contribution in [2.45, 2.75) is 6.92 Å². The van der Waals surface area contributed by atoms with Crippen molar-refractivity contribution in [2.75, 3.05) is 0 Å². The molecule has 73 valence electrons. The van der Waals surface area contributed by atoms with E-state index >= 15 is 0 Å². The van der Waals surface area contributed by atoms with Gasteiger partial charge in [-0.05, 0) is 0 Å². The third-order valence-electron chi connectivity index (χ3n) is 1.54. The maximum atomic E-state index is 5.33. The molecule has 0 amide bonds. The van der Waals surface area contributed by atoms with Gasteiger partial charge in [-0.2, -0.15) is 0 Å².